The second kappa shape index (κ2) is 9.15. The largest absolute Gasteiger partial charge is 0.351 e. The molecule has 2 heterocycles. The van der Waals surface area contributed by atoms with Gasteiger partial charge in [0.2, 0.25) is 0 Å². The third kappa shape index (κ3) is 4.55. The number of amides is 1. The molecule has 0 aliphatic carbocycles. The first-order valence-corrected chi connectivity index (χ1v) is 10.7. The summed E-state index contributed by atoms with van der Waals surface area (Å²) < 4.78 is 0. The van der Waals surface area contributed by atoms with Crippen LogP contribution in [0.25, 0.3) is 10.9 Å². The zero-order chi connectivity index (χ0) is 20.9. The lowest BCUT2D eigenvalue weighted by molar-refractivity contribution is 0.0680. The van der Waals surface area contributed by atoms with Gasteiger partial charge in [-0.25, -0.2) is 0 Å². The minimum atomic E-state index is 0.0814. The number of nitrogens with zero attached hydrogens (tertiary/aromatic N) is 3. The number of carbonyl (C=O) groups excluding carboxylic acids is 1. The molecule has 4 rings (SSSR count). The molecule has 0 saturated carbocycles. The Balaban J connectivity index is 1.38. The van der Waals surface area contributed by atoms with Crippen LogP contribution in [0.5, 0.6) is 0 Å². The molecule has 0 spiro atoms. The molecule has 1 saturated heterocycles. The molecule has 5 heteroatoms. The van der Waals surface area contributed by atoms with Crippen molar-refractivity contribution in [3.8, 4) is 6.07 Å². The van der Waals surface area contributed by atoms with Crippen molar-refractivity contribution in [1.82, 2.24) is 14.8 Å². The van der Waals surface area contributed by atoms with Gasteiger partial charge in [0.05, 0.1) is 11.6 Å². The fraction of sp³-hybridized carbons (Fsp3) is 0.360. The Morgan fingerprint density at radius 1 is 1.23 bits per heavy atom. The molecule has 154 valence electrons. The first-order chi connectivity index (χ1) is 14.7. The van der Waals surface area contributed by atoms with Crippen LogP contribution in [0.2, 0.25) is 0 Å². The highest BCUT2D eigenvalue weighted by molar-refractivity contribution is 5.98. The number of fused-ring (bicyclic) bond motifs is 1. The molecule has 1 aliphatic heterocycles. The number of nitrogens with one attached hydrogen (secondary N) is 1. The molecule has 2 aromatic carbocycles. The number of hydrogen-bond acceptors (Lipinski definition) is 3. The van der Waals surface area contributed by atoms with Crippen molar-refractivity contribution in [2.75, 3.05) is 26.2 Å². The number of nitriles is 1. The lowest BCUT2D eigenvalue weighted by atomic mass is 9.96. The first-order valence-electron chi connectivity index (χ1n) is 10.7. The zero-order valence-corrected chi connectivity index (χ0v) is 17.5. The molecule has 1 unspecified atom stereocenters. The van der Waals surface area contributed by atoms with Gasteiger partial charge in [-0.1, -0.05) is 30.3 Å². The van der Waals surface area contributed by atoms with E-state index in [0.717, 1.165) is 49.9 Å². The summed E-state index contributed by atoms with van der Waals surface area (Å²) >= 11 is 0. The highest BCUT2D eigenvalue weighted by Crippen LogP contribution is 2.22. The summed E-state index contributed by atoms with van der Waals surface area (Å²) in [6.45, 7) is 6.52. The number of H-pyrrole nitrogens is 1. The Bertz CT molecular complexity index is 1010. The number of aromatic amines is 1. The third-order valence-corrected chi connectivity index (χ3v) is 6.00. The van der Waals surface area contributed by atoms with Crippen LogP contribution in [0.4, 0.5) is 0 Å². The average molecular weight is 401 g/mol. The Morgan fingerprint density at radius 3 is 2.77 bits per heavy atom. The van der Waals surface area contributed by atoms with Crippen molar-refractivity contribution in [3.05, 3.63) is 71.4 Å². The maximum Gasteiger partial charge on any atom is 0.270 e. The highest BCUT2D eigenvalue weighted by Gasteiger charge is 2.25. The number of likely N-dealkylation sites (tertiary alicyclic amines) is 1. The van der Waals surface area contributed by atoms with Gasteiger partial charge in [0.1, 0.15) is 5.69 Å². The zero-order valence-electron chi connectivity index (χ0n) is 17.5. The Kier molecular flexibility index (Phi) is 6.15. The van der Waals surface area contributed by atoms with Crippen LogP contribution < -0.4 is 0 Å². The molecule has 1 aliphatic rings. The van der Waals surface area contributed by atoms with Crippen LogP contribution in [0.15, 0.2) is 54.6 Å². The predicted octanol–water partition coefficient (Wildman–Crippen LogP) is 4.41. The second-order valence-corrected chi connectivity index (χ2v) is 8.17. The summed E-state index contributed by atoms with van der Waals surface area (Å²) in [6.07, 6.45) is 2.30. The molecule has 1 N–H and O–H groups in total. The topological polar surface area (TPSA) is 63.1 Å². The van der Waals surface area contributed by atoms with Crippen LogP contribution >= 0.6 is 0 Å². The number of carbonyl (C=O) groups is 1. The van der Waals surface area contributed by atoms with Gasteiger partial charge >= 0.3 is 0 Å². The van der Waals surface area contributed by atoms with Crippen molar-refractivity contribution in [2.45, 2.75) is 26.3 Å². The molecule has 1 fully saturated rings. The van der Waals surface area contributed by atoms with Crippen molar-refractivity contribution >= 4 is 16.8 Å². The van der Waals surface area contributed by atoms with Gasteiger partial charge in [0, 0.05) is 37.1 Å². The number of piperidine rings is 1. The van der Waals surface area contributed by atoms with E-state index in [4.69, 9.17) is 5.26 Å². The fourth-order valence-corrected chi connectivity index (χ4v) is 4.41. The molecule has 30 heavy (non-hydrogen) atoms. The summed E-state index contributed by atoms with van der Waals surface area (Å²) in [5.41, 5.74) is 3.60. The van der Waals surface area contributed by atoms with Gasteiger partial charge in [0.15, 0.2) is 0 Å². The maximum atomic E-state index is 13.1. The molecule has 3 aromatic rings. The van der Waals surface area contributed by atoms with Gasteiger partial charge in [-0.15, -0.1) is 0 Å². The quantitative estimate of drug-likeness (QED) is 0.666. The molecule has 1 amide bonds. The van der Waals surface area contributed by atoms with E-state index < -0.39 is 0 Å². The van der Waals surface area contributed by atoms with E-state index in [-0.39, 0.29) is 5.91 Å². The number of rotatable bonds is 6. The second-order valence-electron chi connectivity index (χ2n) is 8.17. The van der Waals surface area contributed by atoms with Gasteiger partial charge in [-0.05, 0) is 62.1 Å². The molecule has 1 aromatic heterocycles. The number of para-hydroxylation sites is 1. The summed E-state index contributed by atoms with van der Waals surface area (Å²) in [5.74, 6) is 0.559. The predicted molar refractivity (Wildman–Crippen MR) is 119 cm³/mol. The Labute approximate surface area is 177 Å². The van der Waals surface area contributed by atoms with Crippen molar-refractivity contribution in [3.63, 3.8) is 0 Å². The Hall–Kier alpha value is -3.10. The van der Waals surface area contributed by atoms with Gasteiger partial charge in [0.25, 0.3) is 5.91 Å². The standard InChI is InChI=1S/C25H28N4O/c1-2-29(25(30)24-14-22-7-3-4-8-23(22)27-24)18-21-6-5-13-28(17-21)16-20-11-9-19(15-26)10-12-20/h3-4,7-12,14,21,27H,2,5-6,13,16-18H2,1H3. The Morgan fingerprint density at radius 2 is 2.03 bits per heavy atom. The smallest absolute Gasteiger partial charge is 0.270 e. The highest BCUT2D eigenvalue weighted by atomic mass is 16.2. The van der Waals surface area contributed by atoms with Crippen LogP contribution in [-0.4, -0.2) is 46.9 Å². The molecular formula is C25H28N4O. The molecule has 1 atom stereocenters. The molecule has 0 radical (unpaired) electrons. The first kappa shape index (κ1) is 20.2. The number of hydrogen-bond donors (Lipinski definition) is 1. The van der Waals surface area contributed by atoms with Crippen molar-refractivity contribution < 1.29 is 4.79 Å². The van der Waals surface area contributed by atoms with E-state index in [9.17, 15) is 4.79 Å². The van der Waals surface area contributed by atoms with Gasteiger partial charge < -0.3 is 9.88 Å². The van der Waals surface area contributed by atoms with Crippen LogP contribution in [0.3, 0.4) is 0 Å². The monoisotopic (exact) mass is 400 g/mol. The summed E-state index contributed by atoms with van der Waals surface area (Å²) in [6, 6.07) is 20.0. The normalized spacial score (nSPS) is 17.0. The van der Waals surface area contributed by atoms with Crippen molar-refractivity contribution in [1.29, 1.82) is 5.26 Å². The fourth-order valence-electron chi connectivity index (χ4n) is 4.41. The lowest BCUT2D eigenvalue weighted by Crippen LogP contribution is -2.42. The van der Waals surface area contributed by atoms with Crippen LogP contribution in [-0.2, 0) is 6.54 Å². The number of benzene rings is 2. The molecular weight excluding hydrogens is 372 g/mol. The summed E-state index contributed by atoms with van der Waals surface area (Å²) in [5, 5.41) is 10.0. The minimum absolute atomic E-state index is 0.0814. The third-order valence-electron chi connectivity index (χ3n) is 6.00. The van der Waals surface area contributed by atoms with E-state index in [1.807, 2.05) is 59.5 Å². The van der Waals surface area contributed by atoms with Crippen molar-refractivity contribution in [2.24, 2.45) is 5.92 Å². The SMILES string of the molecule is CCN(CC1CCCN(Cc2ccc(C#N)cc2)C1)C(=O)c1cc2ccccc2[nH]1. The average Bonchev–Trinajstić information content (AvgIpc) is 3.22. The van der Waals surface area contributed by atoms with Crippen LogP contribution in [0, 0.1) is 17.2 Å². The minimum Gasteiger partial charge on any atom is -0.351 e. The van der Waals surface area contributed by atoms with E-state index in [1.165, 1.54) is 5.56 Å². The summed E-state index contributed by atoms with van der Waals surface area (Å²) in [4.78, 5) is 20.8. The maximum absolute atomic E-state index is 13.1. The van der Waals surface area contributed by atoms with E-state index in [1.54, 1.807) is 0 Å². The molecule has 5 nitrogen and oxygen atoms in total. The van der Waals surface area contributed by atoms with Gasteiger partial charge in [-0.2, -0.15) is 5.26 Å². The lowest BCUT2D eigenvalue weighted by Gasteiger charge is -2.35. The number of aromatic nitrogens is 1. The molecule has 0 bridgehead atoms. The van der Waals surface area contributed by atoms with Gasteiger partial charge in [-0.3, -0.25) is 9.69 Å². The van der Waals surface area contributed by atoms with E-state index in [2.05, 4.69) is 22.9 Å². The van der Waals surface area contributed by atoms with E-state index in [0.29, 0.717) is 23.7 Å². The summed E-state index contributed by atoms with van der Waals surface area (Å²) in [7, 11) is 0. The van der Waals surface area contributed by atoms with E-state index >= 15 is 0 Å². The van der Waals surface area contributed by atoms with Crippen LogP contribution in [0.1, 0.15) is 41.4 Å².